The van der Waals surface area contributed by atoms with E-state index in [1.165, 1.54) is 25.3 Å². The van der Waals surface area contributed by atoms with Gasteiger partial charge in [0, 0.05) is 11.3 Å². The highest BCUT2D eigenvalue weighted by Crippen LogP contribution is 2.32. The maximum absolute atomic E-state index is 12.7. The van der Waals surface area contributed by atoms with Crippen molar-refractivity contribution in [1.29, 1.82) is 0 Å². The minimum atomic E-state index is -4.56. The average molecular weight is 361 g/mol. The molecule has 0 heterocycles. The van der Waals surface area contributed by atoms with Crippen LogP contribution in [0, 0.1) is 0 Å². The molecule has 0 atom stereocenters. The molecule has 0 aromatic heterocycles. The normalized spacial score (nSPS) is 11.3. The second kappa shape index (κ2) is 7.37. The highest BCUT2D eigenvalue weighted by molar-refractivity contribution is 6.04. The molecule has 0 unspecified atom stereocenters. The number of hydrogen-bond acceptors (Lipinski definition) is 3. The van der Waals surface area contributed by atoms with Crippen molar-refractivity contribution < 1.29 is 36.2 Å². The molecule has 1 amide bonds. The van der Waals surface area contributed by atoms with E-state index in [0.717, 1.165) is 24.3 Å². The first-order chi connectivity index (χ1) is 11.7. The largest absolute Gasteiger partial charge is 0.493 e. The number of carbonyl (C=O) groups excluding carboxylic acids is 1. The van der Waals surface area contributed by atoms with E-state index in [2.05, 4.69) is 10.1 Å². The number of methoxy groups -OCH3 is 1. The van der Waals surface area contributed by atoms with E-state index in [4.69, 9.17) is 4.74 Å². The zero-order chi connectivity index (χ0) is 18.6. The zero-order valence-corrected chi connectivity index (χ0v) is 12.7. The van der Waals surface area contributed by atoms with Crippen LogP contribution in [0.4, 0.5) is 27.6 Å². The van der Waals surface area contributed by atoms with Gasteiger partial charge >= 0.3 is 12.8 Å². The highest BCUT2D eigenvalue weighted by atomic mass is 19.4. The van der Waals surface area contributed by atoms with Crippen molar-refractivity contribution in [3.63, 3.8) is 0 Å². The van der Waals surface area contributed by atoms with E-state index >= 15 is 0 Å². The first-order valence-electron chi connectivity index (χ1n) is 6.82. The second-order valence-electron chi connectivity index (χ2n) is 4.78. The van der Waals surface area contributed by atoms with Gasteiger partial charge in [-0.15, -0.1) is 0 Å². The summed E-state index contributed by atoms with van der Waals surface area (Å²) in [6.07, 6.45) is -4.56. The fourth-order valence-corrected chi connectivity index (χ4v) is 1.98. The molecule has 2 aromatic carbocycles. The van der Waals surface area contributed by atoms with Gasteiger partial charge in [0.25, 0.3) is 5.91 Å². The third-order valence-corrected chi connectivity index (χ3v) is 3.09. The van der Waals surface area contributed by atoms with Gasteiger partial charge in [0.2, 0.25) is 0 Å². The van der Waals surface area contributed by atoms with Crippen LogP contribution < -0.4 is 14.8 Å². The van der Waals surface area contributed by atoms with Crippen molar-refractivity contribution in [3.8, 4) is 11.5 Å². The van der Waals surface area contributed by atoms with E-state index in [-0.39, 0.29) is 22.7 Å². The number of rotatable bonds is 5. The van der Waals surface area contributed by atoms with Gasteiger partial charge in [0.1, 0.15) is 0 Å². The Morgan fingerprint density at radius 1 is 1.08 bits per heavy atom. The number of amides is 1. The molecule has 0 saturated heterocycles. The van der Waals surface area contributed by atoms with Gasteiger partial charge in [-0.2, -0.15) is 22.0 Å². The van der Waals surface area contributed by atoms with Crippen LogP contribution in [-0.4, -0.2) is 19.6 Å². The lowest BCUT2D eigenvalue weighted by Gasteiger charge is -2.12. The van der Waals surface area contributed by atoms with Crippen molar-refractivity contribution in [2.75, 3.05) is 12.4 Å². The van der Waals surface area contributed by atoms with Crippen LogP contribution in [0.5, 0.6) is 11.5 Å². The summed E-state index contributed by atoms with van der Waals surface area (Å²) in [5, 5.41) is 2.27. The molecule has 25 heavy (non-hydrogen) atoms. The molecule has 2 rings (SSSR count). The van der Waals surface area contributed by atoms with Crippen LogP contribution in [0.25, 0.3) is 0 Å². The van der Waals surface area contributed by atoms with E-state index in [1.807, 2.05) is 0 Å². The molecule has 4 nitrogen and oxygen atoms in total. The summed E-state index contributed by atoms with van der Waals surface area (Å²) >= 11 is 0. The fraction of sp³-hybridized carbons (Fsp3) is 0.188. The third-order valence-electron chi connectivity index (χ3n) is 3.09. The summed E-state index contributed by atoms with van der Waals surface area (Å²) in [5.41, 5.74) is -1.11. The smallest absolute Gasteiger partial charge is 0.416 e. The third kappa shape index (κ3) is 4.82. The average Bonchev–Trinajstić information content (AvgIpc) is 2.53. The molecule has 2 aromatic rings. The van der Waals surface area contributed by atoms with Gasteiger partial charge in [-0.3, -0.25) is 4.79 Å². The number of benzene rings is 2. The van der Waals surface area contributed by atoms with Crippen LogP contribution in [0.15, 0.2) is 42.5 Å². The van der Waals surface area contributed by atoms with Gasteiger partial charge in [-0.05, 0) is 36.4 Å². The summed E-state index contributed by atoms with van der Waals surface area (Å²) in [6.45, 7) is -3.13. The number of carbonyl (C=O) groups is 1. The summed E-state index contributed by atoms with van der Waals surface area (Å²) < 4.78 is 71.9. The van der Waals surface area contributed by atoms with Crippen molar-refractivity contribution in [1.82, 2.24) is 0 Å². The van der Waals surface area contributed by atoms with Crippen LogP contribution >= 0.6 is 0 Å². The summed E-state index contributed by atoms with van der Waals surface area (Å²) in [4.78, 5) is 12.1. The molecular formula is C16H12F5NO3. The predicted octanol–water partition coefficient (Wildman–Crippen LogP) is 4.57. The number of ether oxygens (including phenoxy) is 2. The Morgan fingerprint density at radius 3 is 2.40 bits per heavy atom. The molecular weight excluding hydrogens is 349 g/mol. The molecule has 1 N–H and O–H groups in total. The molecule has 0 aliphatic heterocycles. The molecule has 134 valence electrons. The SMILES string of the molecule is COc1ccc(C(=O)Nc2cccc(C(F)(F)F)c2)cc1OC(F)F. The Bertz CT molecular complexity index is 762. The Balaban J connectivity index is 2.24. The van der Waals surface area contributed by atoms with E-state index < -0.39 is 24.3 Å². The first-order valence-corrected chi connectivity index (χ1v) is 6.82. The van der Waals surface area contributed by atoms with E-state index in [0.29, 0.717) is 0 Å². The van der Waals surface area contributed by atoms with Crippen LogP contribution in [-0.2, 0) is 6.18 Å². The van der Waals surface area contributed by atoms with Gasteiger partial charge in [-0.25, -0.2) is 0 Å². The molecule has 9 heteroatoms. The molecule has 0 radical (unpaired) electrons. The zero-order valence-electron chi connectivity index (χ0n) is 12.7. The Kier molecular flexibility index (Phi) is 5.45. The molecule has 0 aliphatic rings. The summed E-state index contributed by atoms with van der Waals surface area (Å²) in [6, 6.07) is 7.54. The molecule has 0 fully saturated rings. The fourth-order valence-electron chi connectivity index (χ4n) is 1.98. The summed E-state index contributed by atoms with van der Waals surface area (Å²) in [5.74, 6) is -1.17. The van der Waals surface area contributed by atoms with Gasteiger partial charge in [0.15, 0.2) is 11.5 Å². The maximum Gasteiger partial charge on any atom is 0.416 e. The van der Waals surface area contributed by atoms with Crippen molar-refractivity contribution in [2.24, 2.45) is 0 Å². The van der Waals surface area contributed by atoms with E-state index in [1.54, 1.807) is 0 Å². The Hall–Kier alpha value is -2.84. The number of nitrogens with one attached hydrogen (secondary N) is 1. The molecule has 0 saturated carbocycles. The predicted molar refractivity (Wildman–Crippen MR) is 79.0 cm³/mol. The topological polar surface area (TPSA) is 47.6 Å². The quantitative estimate of drug-likeness (QED) is 0.794. The molecule has 0 spiro atoms. The van der Waals surface area contributed by atoms with Crippen molar-refractivity contribution in [2.45, 2.75) is 12.8 Å². The monoisotopic (exact) mass is 361 g/mol. The minimum Gasteiger partial charge on any atom is -0.493 e. The number of halogens is 5. The highest BCUT2D eigenvalue weighted by Gasteiger charge is 2.30. The van der Waals surface area contributed by atoms with Gasteiger partial charge in [0.05, 0.1) is 12.7 Å². The Labute approximate surface area is 139 Å². The summed E-state index contributed by atoms with van der Waals surface area (Å²) in [7, 11) is 1.23. The minimum absolute atomic E-state index is 0.0177. The van der Waals surface area contributed by atoms with Gasteiger partial charge < -0.3 is 14.8 Å². The lowest BCUT2D eigenvalue weighted by Crippen LogP contribution is -2.14. The van der Waals surface area contributed by atoms with Crippen LogP contribution in [0.2, 0.25) is 0 Å². The van der Waals surface area contributed by atoms with Crippen LogP contribution in [0.1, 0.15) is 15.9 Å². The standard InChI is InChI=1S/C16H12F5NO3/c1-24-12-6-5-9(7-13(12)25-15(17)18)14(23)22-11-4-2-3-10(8-11)16(19,20)21/h2-8,15H,1H3,(H,22,23). The second-order valence-corrected chi connectivity index (χ2v) is 4.78. The first kappa shape index (κ1) is 18.5. The number of alkyl halides is 5. The number of hydrogen-bond donors (Lipinski definition) is 1. The maximum atomic E-state index is 12.7. The number of anilines is 1. The lowest BCUT2D eigenvalue weighted by molar-refractivity contribution is -0.137. The lowest BCUT2D eigenvalue weighted by atomic mass is 10.1. The van der Waals surface area contributed by atoms with Crippen LogP contribution in [0.3, 0.4) is 0 Å². The molecule has 0 bridgehead atoms. The molecule has 0 aliphatic carbocycles. The Morgan fingerprint density at radius 2 is 1.80 bits per heavy atom. The van der Waals surface area contributed by atoms with Crippen molar-refractivity contribution in [3.05, 3.63) is 53.6 Å². The van der Waals surface area contributed by atoms with E-state index in [9.17, 15) is 26.7 Å². The van der Waals surface area contributed by atoms with Gasteiger partial charge in [-0.1, -0.05) is 6.07 Å². The van der Waals surface area contributed by atoms with Crippen molar-refractivity contribution >= 4 is 11.6 Å².